The first-order valence-electron chi connectivity index (χ1n) is 6.99. The van der Waals surface area contributed by atoms with Crippen LogP contribution in [0.3, 0.4) is 0 Å². The summed E-state index contributed by atoms with van der Waals surface area (Å²) in [5.74, 6) is 0. The lowest BCUT2D eigenvalue weighted by molar-refractivity contribution is 0.547. The predicted octanol–water partition coefficient (Wildman–Crippen LogP) is 3.93. The summed E-state index contributed by atoms with van der Waals surface area (Å²) >= 11 is 3.39. The van der Waals surface area contributed by atoms with E-state index in [1.807, 2.05) is 0 Å². The zero-order valence-electron chi connectivity index (χ0n) is 12.2. The number of nitrogens with zero attached hydrogens (tertiary/aromatic N) is 2. The van der Waals surface area contributed by atoms with Crippen molar-refractivity contribution in [1.82, 2.24) is 15.5 Å². The molecule has 0 saturated heterocycles. The van der Waals surface area contributed by atoms with Crippen LogP contribution in [0.1, 0.15) is 37.9 Å². The van der Waals surface area contributed by atoms with E-state index in [-0.39, 0.29) is 0 Å². The van der Waals surface area contributed by atoms with Gasteiger partial charge in [-0.05, 0) is 24.1 Å². The van der Waals surface area contributed by atoms with Crippen molar-refractivity contribution >= 4 is 23.1 Å². The Morgan fingerprint density at radius 1 is 1.25 bits per heavy atom. The van der Waals surface area contributed by atoms with Gasteiger partial charge < -0.3 is 5.32 Å². The minimum atomic E-state index is 0.333. The van der Waals surface area contributed by atoms with Crippen molar-refractivity contribution in [2.75, 3.05) is 6.54 Å². The third-order valence-corrected chi connectivity index (χ3v) is 5.25. The number of hydrogen-bond donors (Lipinski definition) is 1. The largest absolute Gasteiger partial charge is 0.309 e. The SMILES string of the molecule is CCNC(c1ccc(CC)cc1)C(C)Sc1nncs1. The van der Waals surface area contributed by atoms with Gasteiger partial charge in [0.2, 0.25) is 0 Å². The van der Waals surface area contributed by atoms with E-state index >= 15 is 0 Å². The Labute approximate surface area is 129 Å². The molecule has 2 aromatic rings. The first kappa shape index (κ1) is 15.5. The minimum absolute atomic E-state index is 0.333. The summed E-state index contributed by atoms with van der Waals surface area (Å²) in [5, 5.41) is 12.0. The maximum atomic E-state index is 4.12. The van der Waals surface area contributed by atoms with Crippen LogP contribution >= 0.6 is 23.1 Å². The van der Waals surface area contributed by atoms with E-state index in [9.17, 15) is 0 Å². The molecular weight excluding hydrogens is 286 g/mol. The standard InChI is InChI=1S/C15H21N3S2/c1-4-12-6-8-13(9-7-12)14(16-5-2)11(3)20-15-18-17-10-19-15/h6-11,14,16H,4-5H2,1-3H3. The molecule has 0 aliphatic carbocycles. The van der Waals surface area contributed by atoms with Crippen molar-refractivity contribution in [3.8, 4) is 0 Å². The molecule has 0 radical (unpaired) electrons. The maximum absolute atomic E-state index is 4.12. The highest BCUT2D eigenvalue weighted by Gasteiger charge is 2.20. The second-order valence-corrected chi connectivity index (χ2v) is 7.12. The van der Waals surface area contributed by atoms with Gasteiger partial charge in [-0.3, -0.25) is 0 Å². The van der Waals surface area contributed by atoms with E-state index in [1.165, 1.54) is 11.1 Å². The Bertz CT molecular complexity index is 496. The lowest BCUT2D eigenvalue weighted by Gasteiger charge is -2.24. The molecular formula is C15H21N3S2. The second kappa shape index (κ2) is 7.76. The highest BCUT2D eigenvalue weighted by molar-refractivity contribution is 8.01. The van der Waals surface area contributed by atoms with Gasteiger partial charge in [0.05, 0.1) is 0 Å². The van der Waals surface area contributed by atoms with Gasteiger partial charge in [-0.15, -0.1) is 10.2 Å². The molecule has 1 N–H and O–H groups in total. The summed E-state index contributed by atoms with van der Waals surface area (Å²) < 4.78 is 1.03. The Morgan fingerprint density at radius 2 is 2.00 bits per heavy atom. The van der Waals surface area contributed by atoms with Gasteiger partial charge in [-0.2, -0.15) is 0 Å². The quantitative estimate of drug-likeness (QED) is 0.787. The lowest BCUT2D eigenvalue weighted by Crippen LogP contribution is -2.28. The fourth-order valence-electron chi connectivity index (χ4n) is 2.18. The Kier molecular flexibility index (Phi) is 6.01. The van der Waals surface area contributed by atoms with E-state index in [0.717, 1.165) is 17.3 Å². The predicted molar refractivity (Wildman–Crippen MR) is 87.5 cm³/mol. The van der Waals surface area contributed by atoms with Crippen LogP contribution in [0.15, 0.2) is 34.1 Å². The Morgan fingerprint density at radius 3 is 2.55 bits per heavy atom. The van der Waals surface area contributed by atoms with Crippen molar-refractivity contribution < 1.29 is 0 Å². The molecule has 2 atom stereocenters. The fraction of sp³-hybridized carbons (Fsp3) is 0.467. The zero-order chi connectivity index (χ0) is 14.4. The van der Waals surface area contributed by atoms with E-state index in [2.05, 4.69) is 60.6 Å². The van der Waals surface area contributed by atoms with E-state index < -0.39 is 0 Å². The van der Waals surface area contributed by atoms with Crippen LogP contribution in [-0.4, -0.2) is 22.0 Å². The number of aryl methyl sites for hydroxylation is 1. The van der Waals surface area contributed by atoms with Crippen LogP contribution in [0.2, 0.25) is 0 Å². The summed E-state index contributed by atoms with van der Waals surface area (Å²) in [6.45, 7) is 7.54. The third-order valence-electron chi connectivity index (χ3n) is 3.27. The molecule has 2 unspecified atom stereocenters. The van der Waals surface area contributed by atoms with Gasteiger partial charge in [-0.1, -0.05) is 68.1 Å². The highest BCUT2D eigenvalue weighted by Crippen LogP contribution is 2.32. The van der Waals surface area contributed by atoms with Crippen molar-refractivity contribution in [2.45, 2.75) is 42.8 Å². The smallest absolute Gasteiger partial charge is 0.174 e. The van der Waals surface area contributed by atoms with Crippen molar-refractivity contribution in [2.24, 2.45) is 0 Å². The molecule has 5 heteroatoms. The molecule has 1 aromatic carbocycles. The Balaban J connectivity index is 2.11. The summed E-state index contributed by atoms with van der Waals surface area (Å²) in [6.07, 6.45) is 1.08. The molecule has 0 amide bonds. The molecule has 20 heavy (non-hydrogen) atoms. The minimum Gasteiger partial charge on any atom is -0.309 e. The lowest BCUT2D eigenvalue weighted by atomic mass is 10.0. The number of rotatable bonds is 7. The van der Waals surface area contributed by atoms with E-state index in [1.54, 1.807) is 28.6 Å². The van der Waals surface area contributed by atoms with Crippen molar-refractivity contribution in [3.63, 3.8) is 0 Å². The fourth-order valence-corrected chi connectivity index (χ4v) is 4.06. The Hall–Kier alpha value is -0.910. The van der Waals surface area contributed by atoms with Crippen LogP contribution < -0.4 is 5.32 Å². The number of hydrogen-bond acceptors (Lipinski definition) is 5. The molecule has 0 fully saturated rings. The van der Waals surface area contributed by atoms with Crippen LogP contribution in [0.5, 0.6) is 0 Å². The van der Waals surface area contributed by atoms with Crippen molar-refractivity contribution in [1.29, 1.82) is 0 Å². The molecule has 0 spiro atoms. The molecule has 0 aliphatic heterocycles. The summed E-state index contributed by atoms with van der Waals surface area (Å²) in [4.78, 5) is 0. The molecule has 0 saturated carbocycles. The normalized spacial score (nSPS) is 14.2. The summed E-state index contributed by atoms with van der Waals surface area (Å²) in [7, 11) is 0. The molecule has 0 aliphatic rings. The third kappa shape index (κ3) is 4.04. The first-order valence-corrected chi connectivity index (χ1v) is 8.75. The average Bonchev–Trinajstić information content (AvgIpc) is 2.97. The van der Waals surface area contributed by atoms with E-state index in [4.69, 9.17) is 0 Å². The first-order chi connectivity index (χ1) is 9.74. The maximum Gasteiger partial charge on any atom is 0.174 e. The zero-order valence-corrected chi connectivity index (χ0v) is 13.8. The number of nitrogens with one attached hydrogen (secondary N) is 1. The number of aromatic nitrogens is 2. The van der Waals surface area contributed by atoms with E-state index in [0.29, 0.717) is 11.3 Å². The number of benzene rings is 1. The van der Waals surface area contributed by atoms with Gasteiger partial charge in [-0.25, -0.2) is 0 Å². The van der Waals surface area contributed by atoms with Crippen LogP contribution in [0.25, 0.3) is 0 Å². The monoisotopic (exact) mass is 307 g/mol. The summed E-state index contributed by atoms with van der Waals surface area (Å²) in [5.41, 5.74) is 4.51. The molecule has 3 nitrogen and oxygen atoms in total. The van der Waals surface area contributed by atoms with Crippen LogP contribution in [0.4, 0.5) is 0 Å². The molecule has 108 valence electrons. The topological polar surface area (TPSA) is 37.8 Å². The van der Waals surface area contributed by atoms with Gasteiger partial charge in [0.15, 0.2) is 4.34 Å². The van der Waals surface area contributed by atoms with Gasteiger partial charge in [0.25, 0.3) is 0 Å². The molecule has 1 heterocycles. The molecule has 2 rings (SSSR count). The average molecular weight is 307 g/mol. The van der Waals surface area contributed by atoms with Crippen molar-refractivity contribution in [3.05, 3.63) is 40.9 Å². The number of thioether (sulfide) groups is 1. The second-order valence-electron chi connectivity index (χ2n) is 4.66. The van der Waals surface area contributed by atoms with Crippen LogP contribution in [0, 0.1) is 0 Å². The van der Waals surface area contributed by atoms with Gasteiger partial charge in [0, 0.05) is 11.3 Å². The highest BCUT2D eigenvalue weighted by atomic mass is 32.2. The van der Waals surface area contributed by atoms with Gasteiger partial charge >= 0.3 is 0 Å². The van der Waals surface area contributed by atoms with Crippen LogP contribution in [-0.2, 0) is 6.42 Å². The molecule has 0 bridgehead atoms. The summed E-state index contributed by atoms with van der Waals surface area (Å²) in [6, 6.07) is 9.26. The van der Waals surface area contributed by atoms with Gasteiger partial charge in [0.1, 0.15) is 5.51 Å². The molecule has 1 aromatic heterocycles.